The lowest BCUT2D eigenvalue weighted by Crippen LogP contribution is -1.85. The van der Waals surface area contributed by atoms with Crippen LogP contribution in [0.1, 0.15) is 5.69 Å². The number of halogens is 1. The number of rotatable bonds is 2. The summed E-state index contributed by atoms with van der Waals surface area (Å²) in [5, 5.41) is 8.38. The Kier molecular flexibility index (Phi) is 2.21. The molecule has 4 heteroatoms. The van der Waals surface area contributed by atoms with Crippen molar-refractivity contribution in [1.29, 1.82) is 0 Å². The zero-order valence-electron chi connectivity index (χ0n) is 5.71. The first-order chi connectivity index (χ1) is 4.74. The molecule has 1 heterocycles. The van der Waals surface area contributed by atoms with Gasteiger partial charge in [0.2, 0.25) is 0 Å². The number of nitrogens with zero attached hydrogens (tertiary/aromatic N) is 3. The summed E-state index contributed by atoms with van der Waals surface area (Å²) >= 11 is 3.28. The van der Waals surface area contributed by atoms with Gasteiger partial charge in [0, 0.05) is 12.4 Å². The molecule has 3 nitrogen and oxygen atoms in total. The molecule has 0 aliphatic rings. The lowest BCUT2D eigenvalue weighted by molar-refractivity contribution is 0.714. The average Bonchev–Trinajstić information content (AvgIpc) is 2.34. The summed E-state index contributed by atoms with van der Waals surface area (Å²) in [5.41, 5.74) is 1.80. The largest absolute Gasteiger partial charge is 0.255 e. The molecule has 1 rings (SSSR count). The zero-order valence-corrected chi connectivity index (χ0v) is 7.30. The highest BCUT2D eigenvalue weighted by molar-refractivity contribution is 9.09. The molecular weight excluding hydrogens is 194 g/mol. The molecule has 0 fully saturated rings. The molecule has 0 saturated heterocycles. The molecule has 1 aromatic rings. The van der Waals surface area contributed by atoms with Crippen LogP contribution >= 0.6 is 15.9 Å². The summed E-state index contributed by atoms with van der Waals surface area (Å²) in [5.74, 6) is 0. The molecule has 0 bridgehead atoms. The second kappa shape index (κ2) is 2.96. The second-order valence-electron chi connectivity index (χ2n) is 2.01. The van der Waals surface area contributed by atoms with E-state index in [1.807, 2.05) is 13.2 Å². The predicted molar refractivity (Wildman–Crippen MR) is 43.8 cm³/mol. The summed E-state index contributed by atoms with van der Waals surface area (Å²) in [6.07, 6.45) is 1.84. The quantitative estimate of drug-likeness (QED) is 0.675. The van der Waals surface area contributed by atoms with Gasteiger partial charge in [0.25, 0.3) is 0 Å². The van der Waals surface area contributed by atoms with E-state index < -0.39 is 0 Å². The number of alkyl halides is 1. The maximum Gasteiger partial charge on any atom is 0.109 e. The van der Waals surface area contributed by atoms with Gasteiger partial charge >= 0.3 is 0 Å². The molecule has 1 aromatic heterocycles. The molecular formula is C6H8BrN3. The average molecular weight is 202 g/mol. The molecule has 10 heavy (non-hydrogen) atoms. The van der Waals surface area contributed by atoms with Crippen molar-refractivity contribution >= 4 is 21.5 Å². The third-order valence-electron chi connectivity index (χ3n) is 1.13. The summed E-state index contributed by atoms with van der Waals surface area (Å²) in [6, 6.07) is 0. The Labute approximate surface area is 67.9 Å². The van der Waals surface area contributed by atoms with Gasteiger partial charge in [0.1, 0.15) is 5.69 Å². The molecule has 0 radical (unpaired) electrons. The molecule has 0 saturated carbocycles. The second-order valence-corrected chi connectivity index (χ2v) is 2.58. The van der Waals surface area contributed by atoms with Crippen LogP contribution in [0.2, 0.25) is 0 Å². The van der Waals surface area contributed by atoms with Crippen molar-refractivity contribution in [3.05, 3.63) is 18.5 Å². The minimum atomic E-state index is 0.742. The van der Waals surface area contributed by atoms with Gasteiger partial charge in [-0.05, 0) is 5.57 Å². The molecule has 54 valence electrons. The Morgan fingerprint density at radius 3 is 3.00 bits per heavy atom. The van der Waals surface area contributed by atoms with Gasteiger partial charge in [-0.3, -0.25) is 4.68 Å². The smallest absolute Gasteiger partial charge is 0.109 e. The van der Waals surface area contributed by atoms with E-state index in [9.17, 15) is 0 Å². The molecule has 0 aliphatic carbocycles. The first-order valence-corrected chi connectivity index (χ1v) is 3.96. The maximum atomic E-state index is 3.87. The van der Waals surface area contributed by atoms with E-state index in [2.05, 4.69) is 32.8 Å². The first kappa shape index (κ1) is 7.47. The Morgan fingerprint density at radius 2 is 2.60 bits per heavy atom. The first-order valence-electron chi connectivity index (χ1n) is 2.84. The van der Waals surface area contributed by atoms with Crippen LogP contribution in [-0.4, -0.2) is 20.3 Å². The van der Waals surface area contributed by atoms with Gasteiger partial charge < -0.3 is 0 Å². The van der Waals surface area contributed by atoms with Crippen LogP contribution in [-0.2, 0) is 7.05 Å². The van der Waals surface area contributed by atoms with Gasteiger partial charge in [-0.15, -0.1) is 5.10 Å². The zero-order chi connectivity index (χ0) is 7.56. The molecule has 0 N–H and O–H groups in total. The van der Waals surface area contributed by atoms with E-state index >= 15 is 0 Å². The van der Waals surface area contributed by atoms with Crippen molar-refractivity contribution in [2.75, 3.05) is 5.33 Å². The van der Waals surface area contributed by atoms with Crippen LogP contribution in [0.3, 0.4) is 0 Å². The highest BCUT2D eigenvalue weighted by atomic mass is 79.9. The Morgan fingerprint density at radius 1 is 1.90 bits per heavy atom. The van der Waals surface area contributed by atoms with E-state index in [1.165, 1.54) is 0 Å². The fourth-order valence-electron chi connectivity index (χ4n) is 0.578. The van der Waals surface area contributed by atoms with E-state index in [-0.39, 0.29) is 0 Å². The molecule has 0 unspecified atom stereocenters. The highest BCUT2D eigenvalue weighted by Gasteiger charge is 1.99. The van der Waals surface area contributed by atoms with Crippen LogP contribution in [0.5, 0.6) is 0 Å². The third-order valence-corrected chi connectivity index (χ3v) is 1.80. The summed E-state index contributed by atoms with van der Waals surface area (Å²) in [6.45, 7) is 3.79. The Balaban J connectivity index is 2.85. The van der Waals surface area contributed by atoms with Gasteiger partial charge in [-0.1, -0.05) is 27.7 Å². The van der Waals surface area contributed by atoms with Crippen molar-refractivity contribution in [1.82, 2.24) is 15.0 Å². The van der Waals surface area contributed by atoms with E-state index in [0.717, 1.165) is 16.6 Å². The lowest BCUT2D eigenvalue weighted by Gasteiger charge is -1.90. The van der Waals surface area contributed by atoms with Crippen molar-refractivity contribution in [2.45, 2.75) is 0 Å². The summed E-state index contributed by atoms with van der Waals surface area (Å²) < 4.78 is 1.66. The fourth-order valence-corrected chi connectivity index (χ4v) is 0.865. The number of aromatic nitrogens is 3. The number of hydrogen-bond donors (Lipinski definition) is 0. The van der Waals surface area contributed by atoms with E-state index in [4.69, 9.17) is 0 Å². The summed E-state index contributed by atoms with van der Waals surface area (Å²) in [4.78, 5) is 0. The minimum absolute atomic E-state index is 0.742. The van der Waals surface area contributed by atoms with Crippen molar-refractivity contribution in [2.24, 2.45) is 7.05 Å². The van der Waals surface area contributed by atoms with Crippen molar-refractivity contribution in [3.8, 4) is 0 Å². The predicted octanol–water partition coefficient (Wildman–Crippen LogP) is 1.22. The highest BCUT2D eigenvalue weighted by Crippen LogP contribution is 2.09. The molecule has 0 aliphatic heterocycles. The Hall–Kier alpha value is -0.640. The van der Waals surface area contributed by atoms with Crippen LogP contribution in [0.15, 0.2) is 12.8 Å². The standard InChI is InChI=1S/C6H8BrN3/c1-5(3-7)6-4-10(2)9-8-6/h4H,1,3H2,2H3. The normalized spacial score (nSPS) is 9.80. The van der Waals surface area contributed by atoms with Gasteiger partial charge in [0.15, 0.2) is 0 Å². The fraction of sp³-hybridized carbons (Fsp3) is 0.333. The van der Waals surface area contributed by atoms with Gasteiger partial charge in [0.05, 0.1) is 6.20 Å². The minimum Gasteiger partial charge on any atom is -0.255 e. The number of allylic oxidation sites excluding steroid dienone is 1. The third kappa shape index (κ3) is 1.44. The van der Waals surface area contributed by atoms with E-state index in [1.54, 1.807) is 4.68 Å². The van der Waals surface area contributed by atoms with Crippen molar-refractivity contribution < 1.29 is 0 Å². The monoisotopic (exact) mass is 201 g/mol. The van der Waals surface area contributed by atoms with Crippen LogP contribution in [0, 0.1) is 0 Å². The van der Waals surface area contributed by atoms with Crippen LogP contribution in [0.4, 0.5) is 0 Å². The lowest BCUT2D eigenvalue weighted by atomic mass is 10.3. The molecule has 0 atom stereocenters. The Bertz CT molecular complexity index is 241. The molecule has 0 amide bonds. The topological polar surface area (TPSA) is 30.7 Å². The van der Waals surface area contributed by atoms with Gasteiger partial charge in [-0.2, -0.15) is 0 Å². The van der Waals surface area contributed by atoms with Crippen LogP contribution < -0.4 is 0 Å². The number of aryl methyl sites for hydroxylation is 1. The van der Waals surface area contributed by atoms with Crippen LogP contribution in [0.25, 0.3) is 5.57 Å². The van der Waals surface area contributed by atoms with E-state index in [0.29, 0.717) is 0 Å². The maximum absolute atomic E-state index is 3.87. The SMILES string of the molecule is C=C(CBr)c1cn(C)nn1. The number of hydrogen-bond acceptors (Lipinski definition) is 2. The van der Waals surface area contributed by atoms with Gasteiger partial charge in [-0.25, -0.2) is 0 Å². The molecule has 0 aromatic carbocycles. The molecule has 0 spiro atoms. The summed E-state index contributed by atoms with van der Waals surface area (Å²) in [7, 11) is 1.83. The van der Waals surface area contributed by atoms with Crippen molar-refractivity contribution in [3.63, 3.8) is 0 Å².